The topological polar surface area (TPSA) is 34.9 Å². The number of ketones is 1. The van der Waals surface area contributed by atoms with Crippen LogP contribution in [0.5, 0.6) is 0 Å². The van der Waals surface area contributed by atoms with E-state index >= 15 is 0 Å². The molecule has 0 fully saturated rings. The lowest BCUT2D eigenvalue weighted by Gasteiger charge is -2.12. The summed E-state index contributed by atoms with van der Waals surface area (Å²) in [5, 5.41) is 0. The maximum atomic E-state index is 13.0. The van der Waals surface area contributed by atoms with Crippen molar-refractivity contribution in [3.8, 4) is 11.3 Å². The van der Waals surface area contributed by atoms with Crippen LogP contribution in [-0.2, 0) is 6.54 Å². The summed E-state index contributed by atoms with van der Waals surface area (Å²) in [4.78, 5) is 17.5. The van der Waals surface area contributed by atoms with Crippen LogP contribution in [0.4, 0.5) is 0 Å². The molecule has 3 heteroatoms. The van der Waals surface area contributed by atoms with Crippen molar-refractivity contribution in [2.45, 2.75) is 6.54 Å². The van der Waals surface area contributed by atoms with Gasteiger partial charge in [-0.15, -0.1) is 0 Å². The van der Waals surface area contributed by atoms with Gasteiger partial charge in [-0.3, -0.25) is 4.79 Å². The first kappa shape index (κ1) is 16.0. The highest BCUT2D eigenvalue weighted by molar-refractivity contribution is 6.07. The van der Waals surface area contributed by atoms with Crippen molar-refractivity contribution >= 4 is 5.78 Å². The largest absolute Gasteiger partial charge is 0.317 e. The number of nitrogens with zero attached hydrogens (tertiary/aromatic N) is 2. The van der Waals surface area contributed by atoms with Gasteiger partial charge in [0.1, 0.15) is 0 Å². The molecule has 1 heterocycles. The second kappa shape index (κ2) is 7.19. The van der Waals surface area contributed by atoms with E-state index in [0.717, 1.165) is 16.8 Å². The van der Waals surface area contributed by atoms with Crippen molar-refractivity contribution in [1.29, 1.82) is 0 Å². The van der Waals surface area contributed by atoms with E-state index in [1.807, 2.05) is 83.4 Å². The molecule has 1 aromatic heterocycles. The smallest absolute Gasteiger partial charge is 0.228 e. The number of carbonyl (C=O) groups is 1. The van der Waals surface area contributed by atoms with Crippen LogP contribution in [0.25, 0.3) is 11.3 Å². The Morgan fingerprint density at radius 3 is 2.00 bits per heavy atom. The van der Waals surface area contributed by atoms with Gasteiger partial charge in [-0.2, -0.15) is 0 Å². The van der Waals surface area contributed by atoms with Crippen molar-refractivity contribution in [3.05, 3.63) is 114 Å². The van der Waals surface area contributed by atoms with E-state index in [-0.39, 0.29) is 5.78 Å². The lowest BCUT2D eigenvalue weighted by molar-refractivity contribution is 0.102. The lowest BCUT2D eigenvalue weighted by Crippen LogP contribution is -2.13. The molecule has 4 rings (SSSR count). The van der Waals surface area contributed by atoms with E-state index in [2.05, 4.69) is 17.1 Å². The zero-order chi connectivity index (χ0) is 17.8. The summed E-state index contributed by atoms with van der Waals surface area (Å²) in [6.45, 7) is 0.596. The second-order valence-corrected chi connectivity index (χ2v) is 6.10. The number of benzene rings is 3. The molecule has 0 saturated heterocycles. The Balaban J connectivity index is 1.81. The fourth-order valence-corrected chi connectivity index (χ4v) is 3.04. The fraction of sp³-hybridized carbons (Fsp3) is 0.0435. The molecule has 4 aromatic rings. The number of aromatic nitrogens is 2. The Bertz CT molecular complexity index is 1010. The number of imidazole rings is 1. The van der Waals surface area contributed by atoms with Gasteiger partial charge in [-0.25, -0.2) is 4.98 Å². The maximum absolute atomic E-state index is 13.0. The summed E-state index contributed by atoms with van der Waals surface area (Å²) in [6, 6.07) is 29.5. The number of hydrogen-bond acceptors (Lipinski definition) is 2. The summed E-state index contributed by atoms with van der Waals surface area (Å²) in [5.74, 6) is 0.391. The van der Waals surface area contributed by atoms with Crippen molar-refractivity contribution in [3.63, 3.8) is 0 Å². The highest BCUT2D eigenvalue weighted by Crippen LogP contribution is 2.23. The van der Waals surface area contributed by atoms with E-state index in [4.69, 9.17) is 0 Å². The molecule has 0 aliphatic carbocycles. The molecule has 0 spiro atoms. The first-order chi connectivity index (χ1) is 12.8. The molecule has 3 aromatic carbocycles. The molecule has 0 amide bonds. The van der Waals surface area contributed by atoms with E-state index < -0.39 is 0 Å². The molecule has 126 valence electrons. The van der Waals surface area contributed by atoms with Gasteiger partial charge in [0.05, 0.1) is 11.9 Å². The Kier molecular flexibility index (Phi) is 4.44. The molecule has 3 nitrogen and oxygen atoms in total. The third-order valence-electron chi connectivity index (χ3n) is 4.35. The summed E-state index contributed by atoms with van der Waals surface area (Å²) < 4.78 is 2.00. The van der Waals surface area contributed by atoms with Crippen LogP contribution in [0.15, 0.2) is 97.2 Å². The van der Waals surface area contributed by atoms with Crippen LogP contribution in [0.3, 0.4) is 0 Å². The zero-order valence-electron chi connectivity index (χ0n) is 14.2. The molecular weight excluding hydrogens is 320 g/mol. The van der Waals surface area contributed by atoms with E-state index in [9.17, 15) is 4.79 Å². The average Bonchev–Trinajstić information content (AvgIpc) is 3.13. The monoisotopic (exact) mass is 338 g/mol. The summed E-state index contributed by atoms with van der Waals surface area (Å²) >= 11 is 0. The van der Waals surface area contributed by atoms with Gasteiger partial charge in [-0.1, -0.05) is 91.0 Å². The maximum Gasteiger partial charge on any atom is 0.228 e. The molecule has 0 saturated carbocycles. The summed E-state index contributed by atoms with van der Waals surface area (Å²) in [5.41, 5.74) is 3.76. The predicted molar refractivity (Wildman–Crippen MR) is 103 cm³/mol. The van der Waals surface area contributed by atoms with Crippen molar-refractivity contribution < 1.29 is 4.79 Å². The van der Waals surface area contributed by atoms with Crippen LogP contribution in [0, 0.1) is 0 Å². The van der Waals surface area contributed by atoms with Crippen LogP contribution in [-0.4, -0.2) is 15.3 Å². The van der Waals surface area contributed by atoms with Crippen LogP contribution < -0.4 is 0 Å². The van der Waals surface area contributed by atoms with Gasteiger partial charge in [0.25, 0.3) is 0 Å². The van der Waals surface area contributed by atoms with Gasteiger partial charge in [0.2, 0.25) is 5.78 Å². The highest BCUT2D eigenvalue weighted by Gasteiger charge is 2.19. The number of carbonyl (C=O) groups excluding carboxylic acids is 1. The first-order valence-corrected chi connectivity index (χ1v) is 8.57. The molecule has 0 aliphatic heterocycles. The second-order valence-electron chi connectivity index (χ2n) is 6.10. The van der Waals surface area contributed by atoms with Gasteiger partial charge < -0.3 is 4.57 Å². The van der Waals surface area contributed by atoms with Gasteiger partial charge in [-0.05, 0) is 11.1 Å². The molecular formula is C23H18N2O. The normalized spacial score (nSPS) is 10.6. The minimum absolute atomic E-state index is 0.0660. The quantitative estimate of drug-likeness (QED) is 0.489. The Morgan fingerprint density at radius 1 is 0.769 bits per heavy atom. The van der Waals surface area contributed by atoms with Crippen molar-refractivity contribution in [2.75, 3.05) is 0 Å². The molecule has 0 atom stereocenters. The average molecular weight is 338 g/mol. The number of rotatable bonds is 5. The molecule has 26 heavy (non-hydrogen) atoms. The van der Waals surface area contributed by atoms with Gasteiger partial charge in [0.15, 0.2) is 5.82 Å². The minimum atomic E-state index is -0.0660. The van der Waals surface area contributed by atoms with E-state index in [0.29, 0.717) is 17.9 Å². The predicted octanol–water partition coefficient (Wildman–Crippen LogP) is 4.83. The Labute approximate surface area is 152 Å². The summed E-state index contributed by atoms with van der Waals surface area (Å²) in [7, 11) is 0. The standard InChI is InChI=1S/C23H18N2O/c26-22(20-14-8-3-9-15-20)23-24-16-21(19-12-6-2-7-13-19)25(23)17-18-10-4-1-5-11-18/h1-16H,17H2. The lowest BCUT2D eigenvalue weighted by atomic mass is 10.1. The Morgan fingerprint density at radius 2 is 1.35 bits per heavy atom. The molecule has 0 radical (unpaired) electrons. The molecule has 0 aliphatic rings. The van der Waals surface area contributed by atoms with Crippen molar-refractivity contribution in [2.24, 2.45) is 0 Å². The van der Waals surface area contributed by atoms with E-state index in [1.54, 1.807) is 6.20 Å². The van der Waals surface area contributed by atoms with Gasteiger partial charge >= 0.3 is 0 Å². The third-order valence-corrected chi connectivity index (χ3v) is 4.35. The van der Waals surface area contributed by atoms with Crippen LogP contribution >= 0.6 is 0 Å². The Hall–Kier alpha value is -3.46. The molecule has 0 N–H and O–H groups in total. The number of hydrogen-bond donors (Lipinski definition) is 0. The SMILES string of the molecule is O=C(c1ccccc1)c1ncc(-c2ccccc2)n1Cc1ccccc1. The molecule has 0 unspecified atom stereocenters. The molecule has 0 bridgehead atoms. The summed E-state index contributed by atoms with van der Waals surface area (Å²) in [6.07, 6.45) is 1.79. The fourth-order valence-electron chi connectivity index (χ4n) is 3.04. The van der Waals surface area contributed by atoms with Crippen LogP contribution in [0.1, 0.15) is 21.7 Å². The van der Waals surface area contributed by atoms with Gasteiger partial charge in [0, 0.05) is 12.1 Å². The van der Waals surface area contributed by atoms with E-state index in [1.165, 1.54) is 0 Å². The third kappa shape index (κ3) is 3.20. The highest BCUT2D eigenvalue weighted by atomic mass is 16.1. The first-order valence-electron chi connectivity index (χ1n) is 8.57. The zero-order valence-corrected chi connectivity index (χ0v) is 14.2. The van der Waals surface area contributed by atoms with Crippen LogP contribution in [0.2, 0.25) is 0 Å². The minimum Gasteiger partial charge on any atom is -0.317 e. The van der Waals surface area contributed by atoms with Crippen molar-refractivity contribution in [1.82, 2.24) is 9.55 Å².